The van der Waals surface area contributed by atoms with Crippen molar-refractivity contribution in [2.24, 2.45) is 11.8 Å². The molecule has 1 spiro atoms. The van der Waals surface area contributed by atoms with E-state index in [0.717, 1.165) is 18.4 Å². The summed E-state index contributed by atoms with van der Waals surface area (Å²) >= 11 is 0. The van der Waals surface area contributed by atoms with E-state index in [1.807, 2.05) is 60.7 Å². The van der Waals surface area contributed by atoms with Crippen LogP contribution in [0.1, 0.15) is 75.5 Å². The van der Waals surface area contributed by atoms with Gasteiger partial charge in [-0.15, -0.1) is 13.2 Å². The zero-order valence-corrected chi connectivity index (χ0v) is 29.1. The molecule has 2 aromatic carbocycles. The molecular formula is C40H51N3O7. The highest BCUT2D eigenvalue weighted by Crippen LogP contribution is 2.59. The van der Waals surface area contributed by atoms with Crippen LogP contribution in [0.25, 0.3) is 0 Å². The van der Waals surface area contributed by atoms with E-state index >= 15 is 0 Å². The summed E-state index contributed by atoms with van der Waals surface area (Å²) in [6.07, 6.45) is 6.66. The number of amides is 3. The van der Waals surface area contributed by atoms with Crippen LogP contribution in [0.5, 0.6) is 0 Å². The zero-order chi connectivity index (χ0) is 35.7. The number of allylic oxidation sites excluding steroid dienone is 1. The Hall–Kier alpha value is -4.28. The van der Waals surface area contributed by atoms with Crippen LogP contribution in [0.2, 0.25) is 0 Å². The van der Waals surface area contributed by atoms with Crippen molar-refractivity contribution in [3.05, 3.63) is 97.1 Å². The number of carbonyl (C=O) groups excluding carboxylic acids is 4. The molecule has 3 aliphatic rings. The zero-order valence-electron chi connectivity index (χ0n) is 29.1. The predicted molar refractivity (Wildman–Crippen MR) is 189 cm³/mol. The second-order valence-electron chi connectivity index (χ2n) is 13.7. The molecule has 7 atom stereocenters. The molecule has 3 heterocycles. The number of nitrogens with one attached hydrogen (secondary N) is 1. The second-order valence-corrected chi connectivity index (χ2v) is 13.7. The molecule has 2 bridgehead atoms. The minimum atomic E-state index is -1.17. The summed E-state index contributed by atoms with van der Waals surface area (Å²) in [5.74, 6) is -3.03. The highest BCUT2D eigenvalue weighted by molar-refractivity contribution is 5.98. The number of carbonyl (C=O) groups is 4. The number of nitrogens with zero attached hydrogens (tertiary/aromatic N) is 2. The maximum absolute atomic E-state index is 14.7. The van der Waals surface area contributed by atoms with Crippen LogP contribution < -0.4 is 5.32 Å². The fourth-order valence-electron chi connectivity index (χ4n) is 7.99. The lowest BCUT2D eigenvalue weighted by molar-refractivity contribution is -0.162. The Bertz CT molecular complexity index is 1500. The Balaban J connectivity index is 1.43. The van der Waals surface area contributed by atoms with Gasteiger partial charge in [0.05, 0.1) is 24.0 Å². The van der Waals surface area contributed by atoms with Crippen molar-refractivity contribution < 1.29 is 33.8 Å². The van der Waals surface area contributed by atoms with E-state index in [1.165, 1.54) is 0 Å². The minimum Gasteiger partial charge on any atom is -0.455 e. The highest BCUT2D eigenvalue weighted by Gasteiger charge is 2.75. The van der Waals surface area contributed by atoms with Gasteiger partial charge in [0.15, 0.2) is 0 Å². The quantitative estimate of drug-likeness (QED) is 0.123. The van der Waals surface area contributed by atoms with Crippen molar-refractivity contribution in [2.75, 3.05) is 19.7 Å². The lowest BCUT2D eigenvalue weighted by Crippen LogP contribution is -2.56. The molecule has 2 N–H and O–H groups in total. The number of benzene rings is 2. The van der Waals surface area contributed by atoms with E-state index in [4.69, 9.17) is 9.47 Å². The van der Waals surface area contributed by atoms with Gasteiger partial charge in [-0.3, -0.25) is 19.2 Å². The summed E-state index contributed by atoms with van der Waals surface area (Å²) in [6, 6.07) is 17.5. The van der Waals surface area contributed by atoms with Gasteiger partial charge in [-0.2, -0.15) is 0 Å². The summed E-state index contributed by atoms with van der Waals surface area (Å²) in [6.45, 7) is 10.4. The number of aliphatic hydroxyl groups excluding tert-OH is 1. The van der Waals surface area contributed by atoms with Gasteiger partial charge in [0, 0.05) is 32.7 Å². The van der Waals surface area contributed by atoms with Crippen LogP contribution in [0.4, 0.5) is 0 Å². The first-order valence-corrected chi connectivity index (χ1v) is 17.9. The van der Waals surface area contributed by atoms with E-state index in [2.05, 4.69) is 18.5 Å². The molecule has 10 nitrogen and oxygen atoms in total. The molecule has 0 aromatic heterocycles. The Labute approximate surface area is 295 Å². The Morgan fingerprint density at radius 2 is 1.76 bits per heavy atom. The third-order valence-corrected chi connectivity index (χ3v) is 10.3. The van der Waals surface area contributed by atoms with Crippen molar-refractivity contribution >= 4 is 23.7 Å². The molecule has 0 saturated carbocycles. The molecular weight excluding hydrogens is 634 g/mol. The van der Waals surface area contributed by atoms with Gasteiger partial charge >= 0.3 is 5.97 Å². The van der Waals surface area contributed by atoms with E-state index in [9.17, 15) is 24.3 Å². The molecule has 0 radical (unpaired) electrons. The summed E-state index contributed by atoms with van der Waals surface area (Å²) < 4.78 is 12.9. The van der Waals surface area contributed by atoms with Crippen LogP contribution in [0.15, 0.2) is 86.0 Å². The molecule has 3 aliphatic heterocycles. The number of fused-ring (bicyclic) bond motifs is 1. The van der Waals surface area contributed by atoms with Gasteiger partial charge in [-0.05, 0) is 50.2 Å². The molecule has 3 saturated heterocycles. The van der Waals surface area contributed by atoms with Gasteiger partial charge in [-0.25, -0.2) is 0 Å². The molecule has 268 valence electrons. The van der Waals surface area contributed by atoms with Crippen molar-refractivity contribution in [1.82, 2.24) is 15.1 Å². The number of hydrogen-bond acceptors (Lipinski definition) is 7. The number of likely N-dealkylation sites (tertiary alicyclic amines) is 1. The largest absolute Gasteiger partial charge is 0.455 e. The number of aliphatic hydroxyl groups is 1. The van der Waals surface area contributed by atoms with Crippen LogP contribution in [0.3, 0.4) is 0 Å². The van der Waals surface area contributed by atoms with Crippen molar-refractivity contribution in [1.29, 1.82) is 0 Å². The molecule has 3 amide bonds. The monoisotopic (exact) mass is 685 g/mol. The lowest BCUT2D eigenvalue weighted by Gasteiger charge is -2.37. The number of unbranched alkanes of at least 4 members (excludes halogenated alkanes) is 3. The molecule has 10 heteroatoms. The summed E-state index contributed by atoms with van der Waals surface area (Å²) in [5.41, 5.74) is 0.496. The third-order valence-electron chi connectivity index (χ3n) is 10.3. The minimum absolute atomic E-state index is 0.102. The summed E-state index contributed by atoms with van der Waals surface area (Å²) in [5, 5.41) is 12.2. The molecule has 0 aliphatic carbocycles. The van der Waals surface area contributed by atoms with E-state index in [0.29, 0.717) is 50.8 Å². The SMILES string of the molecule is C=CCCC(=O)N[C@H](C)[C@@H](OC(=O)[C@@H]1[C@@H]2CC[C@]3(O2)[C@H](C(=O)N(CC=C)Cc2ccccc2)N(CCCCCCO)C(=O)[C@@H]13)c1ccccc1. The molecule has 0 unspecified atom stereocenters. The van der Waals surface area contributed by atoms with Crippen LogP contribution in [-0.2, 0) is 35.2 Å². The first-order valence-electron chi connectivity index (χ1n) is 17.9. The van der Waals surface area contributed by atoms with Crippen molar-refractivity contribution in [2.45, 2.75) is 94.7 Å². The number of ether oxygens (including phenoxy) is 2. The standard InChI is InChI=1S/C40H51N3O7/c1-4-6-21-32(45)41-28(3)35(30-19-13-10-14-20-30)49-39(48)33-31-22-23-40(50-31)34(33)37(46)43(25-15-7-8-16-26-44)36(40)38(47)42(24-5-2)27-29-17-11-9-12-18-29/h4-5,9-14,17-20,28,31,33-36,44H,1-2,6-8,15-16,21-27H2,3H3,(H,41,45)/t28-,31+,33-,34-,35-,36+,40-/m1/s1. The average Bonchev–Trinajstić information content (AvgIpc) is 3.77. The maximum atomic E-state index is 14.7. The Morgan fingerprint density at radius 1 is 1.06 bits per heavy atom. The van der Waals surface area contributed by atoms with E-state index in [-0.39, 0.29) is 37.3 Å². The third kappa shape index (κ3) is 7.87. The summed E-state index contributed by atoms with van der Waals surface area (Å²) in [7, 11) is 0. The van der Waals surface area contributed by atoms with Gasteiger partial charge < -0.3 is 29.7 Å². The Morgan fingerprint density at radius 3 is 2.44 bits per heavy atom. The van der Waals surface area contributed by atoms with Crippen molar-refractivity contribution in [3.63, 3.8) is 0 Å². The highest BCUT2D eigenvalue weighted by atomic mass is 16.6. The van der Waals surface area contributed by atoms with E-state index in [1.54, 1.807) is 28.9 Å². The first kappa shape index (κ1) is 37.0. The van der Waals surface area contributed by atoms with Crippen LogP contribution in [0, 0.1) is 11.8 Å². The van der Waals surface area contributed by atoms with E-state index < -0.39 is 47.7 Å². The van der Waals surface area contributed by atoms with Gasteiger partial charge in [0.25, 0.3) is 0 Å². The Kier molecular flexibility index (Phi) is 12.6. The van der Waals surface area contributed by atoms with Crippen LogP contribution >= 0.6 is 0 Å². The van der Waals surface area contributed by atoms with Crippen molar-refractivity contribution in [3.8, 4) is 0 Å². The fourth-order valence-corrected chi connectivity index (χ4v) is 7.99. The first-order chi connectivity index (χ1) is 24.2. The number of hydrogen-bond donors (Lipinski definition) is 2. The summed E-state index contributed by atoms with van der Waals surface area (Å²) in [4.78, 5) is 59.6. The smallest absolute Gasteiger partial charge is 0.313 e. The molecule has 3 fully saturated rings. The maximum Gasteiger partial charge on any atom is 0.313 e. The number of rotatable bonds is 19. The normalized spacial score (nSPS) is 24.7. The lowest BCUT2D eigenvalue weighted by atomic mass is 9.70. The molecule has 2 aromatic rings. The average molecular weight is 686 g/mol. The van der Waals surface area contributed by atoms with Gasteiger partial charge in [-0.1, -0.05) is 85.7 Å². The topological polar surface area (TPSA) is 125 Å². The molecule has 50 heavy (non-hydrogen) atoms. The fraction of sp³-hybridized carbons (Fsp3) is 0.500. The second kappa shape index (κ2) is 17.1. The van der Waals surface area contributed by atoms with Crippen LogP contribution in [-0.4, -0.2) is 82.1 Å². The number of esters is 1. The predicted octanol–water partition coefficient (Wildman–Crippen LogP) is 4.88. The molecule has 5 rings (SSSR count). The van der Waals surface area contributed by atoms with Gasteiger partial charge in [0.1, 0.15) is 17.7 Å². The van der Waals surface area contributed by atoms with Gasteiger partial charge in [0.2, 0.25) is 17.7 Å².